The molecule has 7 nitrogen and oxygen atoms in total. The topological polar surface area (TPSA) is 98.8 Å². The van der Waals surface area contributed by atoms with Crippen LogP contribution in [-0.2, 0) is 23.9 Å². The van der Waals surface area contributed by atoms with Crippen LogP contribution in [0.2, 0.25) is 0 Å². The van der Waals surface area contributed by atoms with Crippen molar-refractivity contribution in [1.29, 1.82) is 0 Å². The van der Waals surface area contributed by atoms with Gasteiger partial charge in [0.25, 0.3) is 5.91 Å². The van der Waals surface area contributed by atoms with Crippen molar-refractivity contribution in [2.75, 3.05) is 18.5 Å². The number of nitrogens with one attached hydrogen (secondary N) is 1. The predicted molar refractivity (Wildman–Crippen MR) is 81.8 cm³/mol. The zero-order chi connectivity index (χ0) is 17.2. The number of carbonyl (C=O) groups is 4. The van der Waals surface area contributed by atoms with Gasteiger partial charge in [0.1, 0.15) is 0 Å². The molecule has 23 heavy (non-hydrogen) atoms. The molecular formula is C16H17NO6. The molecule has 0 aromatic heterocycles. The number of rotatable bonds is 7. The molecule has 1 N–H and O–H groups in total. The van der Waals surface area contributed by atoms with E-state index in [1.807, 2.05) is 0 Å². The van der Waals surface area contributed by atoms with Crippen molar-refractivity contribution >= 4 is 29.3 Å². The van der Waals surface area contributed by atoms with E-state index in [0.717, 1.165) is 12.2 Å². The lowest BCUT2D eigenvalue weighted by Gasteiger charge is -2.06. The SMILES string of the molecule is CCOC(=O)/C=C/C(=O)OCC(=O)Nc1ccc(C(C)=O)cc1. The number of anilines is 1. The normalized spacial score (nSPS) is 10.2. The summed E-state index contributed by atoms with van der Waals surface area (Å²) in [7, 11) is 0. The second kappa shape index (κ2) is 9.14. The Morgan fingerprint density at radius 2 is 1.57 bits per heavy atom. The number of esters is 2. The van der Waals surface area contributed by atoms with E-state index in [1.165, 1.54) is 6.92 Å². The van der Waals surface area contributed by atoms with Gasteiger partial charge in [0.05, 0.1) is 6.61 Å². The molecule has 0 aliphatic carbocycles. The molecule has 7 heteroatoms. The molecule has 0 heterocycles. The summed E-state index contributed by atoms with van der Waals surface area (Å²) in [6, 6.07) is 6.28. The van der Waals surface area contributed by atoms with Crippen LogP contribution in [0.25, 0.3) is 0 Å². The average Bonchev–Trinajstić information content (AvgIpc) is 2.51. The van der Waals surface area contributed by atoms with Gasteiger partial charge in [0.2, 0.25) is 0 Å². The van der Waals surface area contributed by atoms with Gasteiger partial charge >= 0.3 is 11.9 Å². The molecule has 1 aromatic carbocycles. The third-order valence-corrected chi connectivity index (χ3v) is 2.56. The van der Waals surface area contributed by atoms with E-state index >= 15 is 0 Å². The predicted octanol–water partition coefficient (Wildman–Crippen LogP) is 1.49. The first-order valence-corrected chi connectivity index (χ1v) is 6.84. The van der Waals surface area contributed by atoms with Crippen molar-refractivity contribution in [2.24, 2.45) is 0 Å². The molecular weight excluding hydrogens is 302 g/mol. The molecule has 0 aliphatic rings. The highest BCUT2D eigenvalue weighted by atomic mass is 16.5. The van der Waals surface area contributed by atoms with Crippen LogP contribution < -0.4 is 5.32 Å². The van der Waals surface area contributed by atoms with E-state index in [2.05, 4.69) is 14.8 Å². The zero-order valence-corrected chi connectivity index (χ0v) is 12.8. The van der Waals surface area contributed by atoms with Crippen molar-refractivity contribution in [3.8, 4) is 0 Å². The number of hydrogen-bond donors (Lipinski definition) is 1. The van der Waals surface area contributed by atoms with Crippen LogP contribution in [0.5, 0.6) is 0 Å². The number of Topliss-reactive ketones (excluding diaryl/α,β-unsaturated/α-hetero) is 1. The number of amides is 1. The van der Waals surface area contributed by atoms with Gasteiger partial charge in [0.15, 0.2) is 12.4 Å². The van der Waals surface area contributed by atoms with Crippen molar-refractivity contribution in [3.63, 3.8) is 0 Å². The van der Waals surface area contributed by atoms with E-state index in [4.69, 9.17) is 0 Å². The second-order valence-electron chi connectivity index (χ2n) is 4.37. The fourth-order valence-electron chi connectivity index (χ4n) is 1.50. The summed E-state index contributed by atoms with van der Waals surface area (Å²) in [6.07, 6.45) is 1.80. The lowest BCUT2D eigenvalue weighted by Crippen LogP contribution is -2.20. The van der Waals surface area contributed by atoms with Crippen molar-refractivity contribution in [3.05, 3.63) is 42.0 Å². The van der Waals surface area contributed by atoms with Crippen LogP contribution in [0, 0.1) is 0 Å². The summed E-state index contributed by atoms with van der Waals surface area (Å²) in [4.78, 5) is 45.0. The largest absolute Gasteiger partial charge is 0.463 e. The van der Waals surface area contributed by atoms with Crippen LogP contribution in [0.3, 0.4) is 0 Å². The third-order valence-electron chi connectivity index (χ3n) is 2.56. The van der Waals surface area contributed by atoms with Crippen molar-refractivity contribution < 1.29 is 28.7 Å². The van der Waals surface area contributed by atoms with Crippen LogP contribution in [-0.4, -0.2) is 36.8 Å². The van der Waals surface area contributed by atoms with Crippen LogP contribution in [0.1, 0.15) is 24.2 Å². The number of benzene rings is 1. The zero-order valence-electron chi connectivity index (χ0n) is 12.8. The molecule has 0 aliphatic heterocycles. The van der Waals surface area contributed by atoms with Gasteiger partial charge in [-0.2, -0.15) is 0 Å². The highest BCUT2D eigenvalue weighted by molar-refractivity contribution is 5.97. The lowest BCUT2D eigenvalue weighted by atomic mass is 10.1. The van der Waals surface area contributed by atoms with E-state index in [-0.39, 0.29) is 12.4 Å². The average molecular weight is 319 g/mol. The minimum atomic E-state index is -0.833. The Labute approximate surface area is 133 Å². The number of ether oxygens (including phenoxy) is 2. The van der Waals surface area contributed by atoms with Crippen LogP contribution in [0.4, 0.5) is 5.69 Å². The van der Waals surface area contributed by atoms with E-state index in [1.54, 1.807) is 31.2 Å². The maximum Gasteiger partial charge on any atom is 0.331 e. The summed E-state index contributed by atoms with van der Waals surface area (Å²) in [6.45, 7) is 2.78. The van der Waals surface area contributed by atoms with Gasteiger partial charge in [-0.25, -0.2) is 9.59 Å². The smallest absolute Gasteiger partial charge is 0.331 e. The van der Waals surface area contributed by atoms with Gasteiger partial charge in [-0.1, -0.05) is 0 Å². The Hall–Kier alpha value is -2.96. The fourth-order valence-corrected chi connectivity index (χ4v) is 1.50. The summed E-state index contributed by atoms with van der Waals surface area (Å²) >= 11 is 0. The Balaban J connectivity index is 2.40. The van der Waals surface area contributed by atoms with Gasteiger partial charge < -0.3 is 14.8 Å². The van der Waals surface area contributed by atoms with E-state index in [0.29, 0.717) is 11.3 Å². The van der Waals surface area contributed by atoms with E-state index in [9.17, 15) is 19.2 Å². The summed E-state index contributed by atoms with van der Waals surface area (Å²) in [5, 5.41) is 2.51. The second-order valence-corrected chi connectivity index (χ2v) is 4.37. The number of ketones is 1. The van der Waals surface area contributed by atoms with Gasteiger partial charge in [-0.15, -0.1) is 0 Å². The number of hydrogen-bond acceptors (Lipinski definition) is 6. The molecule has 122 valence electrons. The molecule has 0 radical (unpaired) electrons. The molecule has 0 saturated carbocycles. The van der Waals surface area contributed by atoms with Crippen LogP contribution >= 0.6 is 0 Å². The monoisotopic (exact) mass is 319 g/mol. The van der Waals surface area contributed by atoms with Crippen LogP contribution in [0.15, 0.2) is 36.4 Å². The maximum absolute atomic E-state index is 11.6. The minimum absolute atomic E-state index is 0.0785. The Morgan fingerprint density at radius 1 is 1.00 bits per heavy atom. The van der Waals surface area contributed by atoms with Crippen molar-refractivity contribution in [2.45, 2.75) is 13.8 Å². The molecule has 0 fully saturated rings. The highest BCUT2D eigenvalue weighted by Crippen LogP contribution is 2.09. The first-order valence-electron chi connectivity index (χ1n) is 6.84. The highest BCUT2D eigenvalue weighted by Gasteiger charge is 2.07. The first-order chi connectivity index (χ1) is 10.9. The Morgan fingerprint density at radius 3 is 2.09 bits per heavy atom. The van der Waals surface area contributed by atoms with Crippen molar-refractivity contribution in [1.82, 2.24) is 0 Å². The molecule has 0 spiro atoms. The minimum Gasteiger partial charge on any atom is -0.463 e. The molecule has 1 rings (SSSR count). The molecule has 0 unspecified atom stereocenters. The van der Waals surface area contributed by atoms with Gasteiger partial charge in [-0.05, 0) is 38.1 Å². The number of carbonyl (C=O) groups excluding carboxylic acids is 4. The lowest BCUT2D eigenvalue weighted by molar-refractivity contribution is -0.143. The quantitative estimate of drug-likeness (QED) is 0.464. The standard InChI is InChI=1S/C16H17NO6/c1-3-22-15(20)8-9-16(21)23-10-14(19)17-13-6-4-12(5-7-13)11(2)18/h4-9H,3,10H2,1-2H3,(H,17,19)/b9-8+. The Kier molecular flexibility index (Phi) is 7.19. The summed E-state index contributed by atoms with van der Waals surface area (Å²) in [5.41, 5.74) is 0.997. The fraction of sp³-hybridized carbons (Fsp3) is 0.250. The van der Waals surface area contributed by atoms with E-state index < -0.39 is 24.5 Å². The third kappa shape index (κ3) is 7.03. The van der Waals surface area contributed by atoms with Gasteiger partial charge in [-0.3, -0.25) is 9.59 Å². The summed E-state index contributed by atoms with van der Waals surface area (Å²) in [5.74, 6) is -2.12. The maximum atomic E-state index is 11.6. The van der Waals surface area contributed by atoms with Gasteiger partial charge in [0, 0.05) is 23.4 Å². The molecule has 1 aromatic rings. The Bertz CT molecular complexity index is 618. The molecule has 1 amide bonds. The summed E-state index contributed by atoms with van der Waals surface area (Å²) < 4.78 is 9.25. The molecule has 0 saturated heterocycles. The molecule has 0 atom stereocenters. The first kappa shape index (κ1) is 18.1. The molecule has 0 bridgehead atoms.